The Kier molecular flexibility index (Phi) is 8.94. The number of hydrogen-bond donors (Lipinski definition) is 3. The maximum absolute atomic E-state index is 14.3. The summed E-state index contributed by atoms with van der Waals surface area (Å²) in [6.07, 6.45) is 2.72. The molecule has 3 aliphatic rings. The van der Waals surface area contributed by atoms with Crippen LogP contribution in [0.5, 0.6) is 0 Å². The van der Waals surface area contributed by atoms with Gasteiger partial charge in [-0.05, 0) is 69.4 Å². The fourth-order valence-electron chi connectivity index (χ4n) is 7.14. The molecule has 2 unspecified atom stereocenters. The highest BCUT2D eigenvalue weighted by Gasteiger charge is 2.74. The van der Waals surface area contributed by atoms with Crippen LogP contribution in [0, 0.1) is 11.8 Å². The first kappa shape index (κ1) is 29.5. The van der Waals surface area contributed by atoms with Gasteiger partial charge in [-0.1, -0.05) is 37.3 Å². The van der Waals surface area contributed by atoms with Crippen LogP contribution in [0.15, 0.2) is 54.6 Å². The fourth-order valence-corrected chi connectivity index (χ4v) is 9.35. The Morgan fingerprint density at radius 2 is 1.78 bits per heavy atom. The maximum atomic E-state index is 14.3. The molecule has 3 heterocycles. The van der Waals surface area contributed by atoms with Crippen LogP contribution in [0.2, 0.25) is 0 Å². The zero-order chi connectivity index (χ0) is 29.1. The second kappa shape index (κ2) is 12.4. The number of amides is 3. The van der Waals surface area contributed by atoms with Crippen molar-refractivity contribution in [2.45, 2.75) is 68.5 Å². The molecule has 9 heteroatoms. The average molecular weight is 579 g/mol. The number of anilines is 2. The second-order valence-corrected chi connectivity index (χ2v) is 12.9. The number of likely N-dealkylation sites (tertiary alicyclic amines) is 1. The molecule has 8 nitrogen and oxygen atoms in total. The summed E-state index contributed by atoms with van der Waals surface area (Å²) in [6, 6.07) is 16.2. The number of benzene rings is 2. The molecule has 3 saturated heterocycles. The number of carbonyl (C=O) groups excluding carboxylic acids is 3. The van der Waals surface area contributed by atoms with Gasteiger partial charge in [0, 0.05) is 36.3 Å². The Labute approximate surface area is 247 Å². The smallest absolute Gasteiger partial charge is 0.248 e. The number of aliphatic hydroxyl groups excluding tert-OH is 1. The lowest BCUT2D eigenvalue weighted by Gasteiger charge is -2.37. The van der Waals surface area contributed by atoms with E-state index in [1.165, 1.54) is 0 Å². The number of nitrogens with one attached hydrogen (secondary N) is 2. The minimum Gasteiger partial charge on any atom is -0.394 e. The predicted molar refractivity (Wildman–Crippen MR) is 164 cm³/mol. The van der Waals surface area contributed by atoms with Gasteiger partial charge in [0.05, 0.1) is 29.2 Å². The van der Waals surface area contributed by atoms with Crippen LogP contribution < -0.4 is 15.5 Å². The van der Waals surface area contributed by atoms with Crippen molar-refractivity contribution < 1.29 is 19.5 Å². The summed E-state index contributed by atoms with van der Waals surface area (Å²) < 4.78 is -0.703. The molecule has 220 valence electrons. The third kappa shape index (κ3) is 5.34. The lowest BCUT2D eigenvalue weighted by atomic mass is 9.70. The van der Waals surface area contributed by atoms with Gasteiger partial charge in [-0.25, -0.2) is 0 Å². The molecule has 2 aromatic carbocycles. The molecule has 0 aromatic heterocycles. The van der Waals surface area contributed by atoms with E-state index in [1.807, 2.05) is 61.5 Å². The van der Waals surface area contributed by atoms with Crippen LogP contribution in [0.1, 0.15) is 45.6 Å². The predicted octanol–water partition coefficient (Wildman–Crippen LogP) is 3.69. The summed E-state index contributed by atoms with van der Waals surface area (Å²) in [5.41, 5.74) is 2.73. The van der Waals surface area contributed by atoms with Crippen LogP contribution in [0.4, 0.5) is 11.4 Å². The lowest BCUT2D eigenvalue weighted by Crippen LogP contribution is -2.55. The molecular weight excluding hydrogens is 536 g/mol. The Morgan fingerprint density at radius 3 is 2.41 bits per heavy atom. The van der Waals surface area contributed by atoms with Gasteiger partial charge < -0.3 is 25.5 Å². The first-order valence-electron chi connectivity index (χ1n) is 15.0. The minimum absolute atomic E-state index is 0.00769. The molecular formula is C32H42N4O4S. The van der Waals surface area contributed by atoms with E-state index in [9.17, 15) is 19.5 Å². The molecule has 5 rings (SSSR count). The van der Waals surface area contributed by atoms with Crippen molar-refractivity contribution in [2.24, 2.45) is 11.8 Å². The molecule has 3 aliphatic heterocycles. The highest BCUT2D eigenvalue weighted by Crippen LogP contribution is 2.66. The van der Waals surface area contributed by atoms with Gasteiger partial charge in [0.25, 0.3) is 0 Å². The number of hydrogen-bond acceptors (Lipinski definition) is 6. The quantitative estimate of drug-likeness (QED) is 0.355. The fraction of sp³-hybridized carbons (Fsp3) is 0.531. The SMILES string of the molecule is CCCNC(=O)[C@@H]1[C@H]2C(=O)N([C@@H](CO)Cc3ccccc3)C(C(=O)Nc3ccc(N(CC)CC)cc3)C23CC[C@H]1S3. The van der Waals surface area contributed by atoms with Crippen molar-refractivity contribution in [3.8, 4) is 0 Å². The first-order chi connectivity index (χ1) is 19.9. The van der Waals surface area contributed by atoms with E-state index in [0.29, 0.717) is 25.1 Å². The molecule has 3 fully saturated rings. The van der Waals surface area contributed by atoms with Gasteiger partial charge in [0.2, 0.25) is 17.7 Å². The van der Waals surface area contributed by atoms with Crippen LogP contribution in [0.3, 0.4) is 0 Å². The summed E-state index contributed by atoms with van der Waals surface area (Å²) in [6.45, 7) is 8.29. The maximum Gasteiger partial charge on any atom is 0.248 e. The van der Waals surface area contributed by atoms with Crippen LogP contribution >= 0.6 is 11.8 Å². The molecule has 6 atom stereocenters. The first-order valence-corrected chi connectivity index (χ1v) is 15.8. The number of carbonyl (C=O) groups is 3. The lowest BCUT2D eigenvalue weighted by molar-refractivity contribution is -0.142. The van der Waals surface area contributed by atoms with Gasteiger partial charge in [0.15, 0.2) is 0 Å². The van der Waals surface area contributed by atoms with Crippen LogP contribution in [-0.4, -0.2) is 76.0 Å². The molecule has 0 aliphatic carbocycles. The summed E-state index contributed by atoms with van der Waals surface area (Å²) in [5, 5.41) is 16.7. The summed E-state index contributed by atoms with van der Waals surface area (Å²) in [7, 11) is 0. The molecule has 41 heavy (non-hydrogen) atoms. The van der Waals surface area contributed by atoms with Gasteiger partial charge in [-0.3, -0.25) is 14.4 Å². The Balaban J connectivity index is 1.48. The standard InChI is InChI=1S/C32H42N4O4S/c1-4-18-33-29(38)26-25-16-17-32(41-25)27(26)31(40)36(24(20-37)19-21-10-8-7-9-11-21)28(32)30(39)34-22-12-14-23(15-13-22)35(5-2)6-3/h7-15,24-28,37H,4-6,16-20H2,1-3H3,(H,33,38)(H,34,39)/t24-,25-,26+,27+,28?,32?/m1/s1. The topological polar surface area (TPSA) is 102 Å². The van der Waals surface area contributed by atoms with Crippen molar-refractivity contribution in [3.63, 3.8) is 0 Å². The third-order valence-electron chi connectivity index (χ3n) is 9.02. The highest BCUT2D eigenvalue weighted by molar-refractivity contribution is 8.02. The molecule has 2 aromatic rings. The van der Waals surface area contributed by atoms with Crippen LogP contribution in [-0.2, 0) is 20.8 Å². The van der Waals surface area contributed by atoms with Crippen molar-refractivity contribution in [3.05, 3.63) is 60.2 Å². The molecule has 3 N–H and O–H groups in total. The Morgan fingerprint density at radius 1 is 1.07 bits per heavy atom. The monoisotopic (exact) mass is 578 g/mol. The number of aliphatic hydroxyl groups is 1. The van der Waals surface area contributed by atoms with E-state index < -0.39 is 28.7 Å². The van der Waals surface area contributed by atoms with E-state index in [0.717, 1.165) is 37.2 Å². The molecule has 0 radical (unpaired) electrons. The van der Waals surface area contributed by atoms with E-state index in [-0.39, 0.29) is 29.6 Å². The zero-order valence-corrected chi connectivity index (χ0v) is 25.0. The number of fused-ring (bicyclic) bond motifs is 1. The summed E-state index contributed by atoms with van der Waals surface area (Å²) in [4.78, 5) is 45.8. The van der Waals surface area contributed by atoms with Crippen molar-refractivity contribution in [1.29, 1.82) is 0 Å². The zero-order valence-electron chi connectivity index (χ0n) is 24.2. The normalized spacial score (nSPS) is 27.0. The summed E-state index contributed by atoms with van der Waals surface area (Å²) in [5.74, 6) is -1.61. The second-order valence-electron chi connectivity index (χ2n) is 11.3. The van der Waals surface area contributed by atoms with Crippen LogP contribution in [0.25, 0.3) is 0 Å². The third-order valence-corrected chi connectivity index (χ3v) is 11.0. The van der Waals surface area contributed by atoms with Crippen molar-refractivity contribution >= 4 is 40.9 Å². The van der Waals surface area contributed by atoms with Gasteiger partial charge in [-0.2, -0.15) is 0 Å². The average Bonchev–Trinajstić information content (AvgIpc) is 3.64. The number of thioether (sulfide) groups is 1. The van der Waals surface area contributed by atoms with E-state index in [4.69, 9.17) is 0 Å². The number of rotatable bonds is 12. The van der Waals surface area contributed by atoms with E-state index in [2.05, 4.69) is 29.4 Å². The van der Waals surface area contributed by atoms with Gasteiger partial charge >= 0.3 is 0 Å². The Hall–Kier alpha value is -3.04. The largest absolute Gasteiger partial charge is 0.394 e. The van der Waals surface area contributed by atoms with Gasteiger partial charge in [-0.15, -0.1) is 11.8 Å². The van der Waals surface area contributed by atoms with Gasteiger partial charge in [0.1, 0.15) is 6.04 Å². The molecule has 3 amide bonds. The van der Waals surface area contributed by atoms with Crippen molar-refractivity contribution in [1.82, 2.24) is 10.2 Å². The minimum atomic E-state index is -0.790. The van der Waals surface area contributed by atoms with E-state index in [1.54, 1.807) is 16.7 Å². The van der Waals surface area contributed by atoms with Crippen molar-refractivity contribution in [2.75, 3.05) is 36.5 Å². The highest BCUT2D eigenvalue weighted by atomic mass is 32.2. The molecule has 2 bridgehead atoms. The van der Waals surface area contributed by atoms with E-state index >= 15 is 0 Å². The Bertz CT molecular complexity index is 1240. The summed E-state index contributed by atoms with van der Waals surface area (Å²) >= 11 is 1.65. The number of nitrogens with zero attached hydrogens (tertiary/aromatic N) is 2. The molecule has 1 spiro atoms. The molecule has 0 saturated carbocycles.